The summed E-state index contributed by atoms with van der Waals surface area (Å²) in [5, 5.41) is 0. The summed E-state index contributed by atoms with van der Waals surface area (Å²) in [6, 6.07) is 20.0. The van der Waals surface area contributed by atoms with Crippen molar-refractivity contribution in [2.45, 2.75) is 26.2 Å². The number of primary amides is 1. The molecule has 4 rings (SSSR count). The van der Waals surface area contributed by atoms with Gasteiger partial charge in [0, 0.05) is 18.0 Å². The number of thiophene rings is 1. The minimum absolute atomic E-state index is 0.0109. The molecule has 1 aliphatic rings. The molecule has 0 aliphatic carbocycles. The van der Waals surface area contributed by atoms with E-state index in [1.807, 2.05) is 55.5 Å². The van der Waals surface area contributed by atoms with Crippen molar-refractivity contribution in [2.75, 3.05) is 20.2 Å². The number of benzene rings is 2. The largest absolute Gasteiger partial charge is 0.497 e. The third kappa shape index (κ3) is 4.55. The van der Waals surface area contributed by atoms with Crippen molar-refractivity contribution in [1.29, 1.82) is 0 Å². The van der Waals surface area contributed by atoms with E-state index < -0.39 is 5.41 Å². The summed E-state index contributed by atoms with van der Waals surface area (Å²) in [6.07, 6.45) is 1.98. The zero-order valence-corrected chi connectivity index (χ0v) is 19.3. The van der Waals surface area contributed by atoms with E-state index in [1.54, 1.807) is 12.0 Å². The molecule has 3 aromatic rings. The maximum absolute atomic E-state index is 13.0. The molecule has 1 fully saturated rings. The number of hydrogen-bond acceptors (Lipinski definition) is 4. The van der Waals surface area contributed by atoms with Crippen LogP contribution in [-0.4, -0.2) is 36.9 Å². The van der Waals surface area contributed by atoms with E-state index in [9.17, 15) is 9.59 Å². The smallest absolute Gasteiger partial charge is 0.263 e. The standard InChI is InChI=1S/C26H28N2O3S/c1-18-4-13-23(32-18)24(29)28-15-3-14-26(17-28,25(27)30)16-19-5-7-20(8-6-19)21-9-11-22(31-2)12-10-21/h4-13H,3,14-17H2,1-2H3,(H2,27,30)/t26-/m0/s1. The number of nitrogens with two attached hydrogens (primary N) is 1. The Morgan fingerprint density at radius 1 is 1.03 bits per heavy atom. The molecule has 6 heteroatoms. The van der Waals surface area contributed by atoms with Crippen molar-refractivity contribution >= 4 is 23.2 Å². The van der Waals surface area contributed by atoms with Crippen molar-refractivity contribution < 1.29 is 14.3 Å². The molecule has 32 heavy (non-hydrogen) atoms. The van der Waals surface area contributed by atoms with E-state index in [1.165, 1.54) is 11.3 Å². The summed E-state index contributed by atoms with van der Waals surface area (Å²) >= 11 is 1.49. The van der Waals surface area contributed by atoms with Gasteiger partial charge < -0.3 is 15.4 Å². The molecule has 0 spiro atoms. The topological polar surface area (TPSA) is 72.6 Å². The van der Waals surface area contributed by atoms with E-state index in [-0.39, 0.29) is 11.8 Å². The molecule has 0 bridgehead atoms. The fourth-order valence-electron chi connectivity index (χ4n) is 4.43. The molecule has 1 saturated heterocycles. The van der Waals surface area contributed by atoms with Crippen LogP contribution in [0.3, 0.4) is 0 Å². The maximum atomic E-state index is 13.0. The molecule has 2 aromatic carbocycles. The molecule has 0 saturated carbocycles. The molecule has 1 aliphatic heterocycles. The van der Waals surface area contributed by atoms with Crippen LogP contribution in [-0.2, 0) is 11.2 Å². The molecular formula is C26H28N2O3S. The van der Waals surface area contributed by atoms with Gasteiger partial charge in [0.1, 0.15) is 5.75 Å². The molecular weight excluding hydrogens is 420 g/mol. The average Bonchev–Trinajstić information content (AvgIpc) is 3.25. The first kappa shape index (κ1) is 22.1. The van der Waals surface area contributed by atoms with Gasteiger partial charge in [-0.1, -0.05) is 36.4 Å². The second-order valence-electron chi connectivity index (χ2n) is 8.49. The lowest BCUT2D eigenvalue weighted by Crippen LogP contribution is -2.53. The van der Waals surface area contributed by atoms with Crippen LogP contribution in [0.5, 0.6) is 5.75 Å². The Bertz CT molecular complexity index is 1100. The summed E-state index contributed by atoms with van der Waals surface area (Å²) in [5.74, 6) is 0.475. The minimum atomic E-state index is -0.748. The van der Waals surface area contributed by atoms with E-state index >= 15 is 0 Å². The van der Waals surface area contributed by atoms with Crippen LogP contribution in [0.1, 0.15) is 33.0 Å². The zero-order valence-electron chi connectivity index (χ0n) is 18.5. The molecule has 2 amide bonds. The Balaban J connectivity index is 1.52. The number of likely N-dealkylation sites (tertiary alicyclic amines) is 1. The Morgan fingerprint density at radius 2 is 1.69 bits per heavy atom. The summed E-state index contributed by atoms with van der Waals surface area (Å²) < 4.78 is 5.23. The number of aryl methyl sites for hydroxylation is 1. The lowest BCUT2D eigenvalue weighted by Gasteiger charge is -2.40. The van der Waals surface area contributed by atoms with Crippen LogP contribution < -0.4 is 10.5 Å². The highest BCUT2D eigenvalue weighted by atomic mass is 32.1. The van der Waals surface area contributed by atoms with Gasteiger partial charge in [-0.3, -0.25) is 9.59 Å². The normalized spacial score (nSPS) is 18.4. The van der Waals surface area contributed by atoms with Gasteiger partial charge in [0.15, 0.2) is 0 Å². The summed E-state index contributed by atoms with van der Waals surface area (Å²) in [7, 11) is 1.65. The van der Waals surface area contributed by atoms with E-state index in [4.69, 9.17) is 10.5 Å². The maximum Gasteiger partial charge on any atom is 0.263 e. The number of carbonyl (C=O) groups excluding carboxylic acids is 2. The van der Waals surface area contributed by atoms with E-state index in [0.717, 1.165) is 33.7 Å². The fourth-order valence-corrected chi connectivity index (χ4v) is 5.27. The van der Waals surface area contributed by atoms with Crippen molar-refractivity contribution in [2.24, 2.45) is 11.1 Å². The number of piperidine rings is 1. The predicted molar refractivity (Wildman–Crippen MR) is 128 cm³/mol. The first-order valence-corrected chi connectivity index (χ1v) is 11.6. The van der Waals surface area contributed by atoms with Crippen LogP contribution in [0.2, 0.25) is 0 Å². The Morgan fingerprint density at radius 3 is 2.25 bits per heavy atom. The Labute approximate surface area is 192 Å². The average molecular weight is 449 g/mol. The second-order valence-corrected chi connectivity index (χ2v) is 9.78. The van der Waals surface area contributed by atoms with Gasteiger partial charge in [-0.25, -0.2) is 0 Å². The predicted octanol–water partition coefficient (Wildman–Crippen LogP) is 4.68. The highest BCUT2D eigenvalue weighted by Crippen LogP contribution is 2.35. The lowest BCUT2D eigenvalue weighted by molar-refractivity contribution is -0.130. The molecule has 0 unspecified atom stereocenters. The van der Waals surface area contributed by atoms with Gasteiger partial charge in [-0.15, -0.1) is 11.3 Å². The fraction of sp³-hybridized carbons (Fsp3) is 0.308. The van der Waals surface area contributed by atoms with E-state index in [2.05, 4.69) is 12.1 Å². The lowest BCUT2D eigenvalue weighted by atomic mass is 9.74. The highest BCUT2D eigenvalue weighted by Gasteiger charge is 2.42. The van der Waals surface area contributed by atoms with Crippen molar-refractivity contribution in [3.8, 4) is 16.9 Å². The van der Waals surface area contributed by atoms with Crippen molar-refractivity contribution in [1.82, 2.24) is 4.90 Å². The Hall–Kier alpha value is -3.12. The number of rotatable bonds is 6. The third-order valence-electron chi connectivity index (χ3n) is 6.26. The first-order chi connectivity index (χ1) is 15.4. The number of hydrogen-bond donors (Lipinski definition) is 1. The summed E-state index contributed by atoms with van der Waals surface area (Å²) in [5.41, 5.74) is 8.41. The summed E-state index contributed by atoms with van der Waals surface area (Å²) in [6.45, 7) is 3.00. The van der Waals surface area contributed by atoms with Crippen LogP contribution >= 0.6 is 11.3 Å². The van der Waals surface area contributed by atoms with Gasteiger partial charge in [0.05, 0.1) is 17.4 Å². The number of carbonyl (C=O) groups is 2. The quantitative estimate of drug-likeness (QED) is 0.595. The molecule has 0 radical (unpaired) electrons. The number of ether oxygens (including phenoxy) is 1. The number of methoxy groups -OCH3 is 1. The molecule has 5 nitrogen and oxygen atoms in total. The van der Waals surface area contributed by atoms with Crippen molar-refractivity contribution in [3.05, 3.63) is 76.0 Å². The van der Waals surface area contributed by atoms with Crippen LogP contribution in [0.15, 0.2) is 60.7 Å². The highest BCUT2D eigenvalue weighted by molar-refractivity contribution is 7.13. The van der Waals surface area contributed by atoms with Gasteiger partial charge in [0.2, 0.25) is 5.91 Å². The SMILES string of the molecule is COc1ccc(-c2ccc(C[C@@]3(C(N)=O)CCCN(C(=O)c4ccc(C)s4)C3)cc2)cc1. The molecule has 2 N–H and O–H groups in total. The van der Waals surface area contributed by atoms with Gasteiger partial charge >= 0.3 is 0 Å². The summed E-state index contributed by atoms with van der Waals surface area (Å²) in [4.78, 5) is 29.2. The van der Waals surface area contributed by atoms with Crippen molar-refractivity contribution in [3.63, 3.8) is 0 Å². The molecule has 166 valence electrons. The third-order valence-corrected chi connectivity index (χ3v) is 7.25. The monoisotopic (exact) mass is 448 g/mol. The Kier molecular flexibility index (Phi) is 6.33. The molecule has 1 atom stereocenters. The first-order valence-electron chi connectivity index (χ1n) is 10.8. The minimum Gasteiger partial charge on any atom is -0.497 e. The second kappa shape index (κ2) is 9.17. The van der Waals surface area contributed by atoms with Gasteiger partial charge in [0.25, 0.3) is 5.91 Å². The zero-order chi connectivity index (χ0) is 22.7. The molecule has 2 heterocycles. The van der Waals surface area contributed by atoms with Crippen LogP contribution in [0, 0.1) is 12.3 Å². The van der Waals surface area contributed by atoms with Crippen LogP contribution in [0.4, 0.5) is 0 Å². The number of nitrogens with zero attached hydrogens (tertiary/aromatic N) is 1. The van der Waals surface area contributed by atoms with Crippen LogP contribution in [0.25, 0.3) is 11.1 Å². The van der Waals surface area contributed by atoms with E-state index in [0.29, 0.717) is 30.8 Å². The molecule has 1 aromatic heterocycles. The number of amides is 2. The van der Waals surface area contributed by atoms with Gasteiger partial charge in [-0.05, 0) is 67.1 Å². The van der Waals surface area contributed by atoms with Gasteiger partial charge in [-0.2, -0.15) is 0 Å².